The molecule has 0 bridgehead atoms. The smallest absolute Gasteiger partial charge is 0.251 e. The predicted octanol–water partition coefficient (Wildman–Crippen LogP) is 5.30. The summed E-state index contributed by atoms with van der Waals surface area (Å²) in [5.74, 6) is 0.0252. The quantitative estimate of drug-likeness (QED) is 0.629. The average Bonchev–Trinajstić information content (AvgIpc) is 3.24. The van der Waals surface area contributed by atoms with Gasteiger partial charge >= 0.3 is 0 Å². The van der Waals surface area contributed by atoms with Gasteiger partial charge in [-0.1, -0.05) is 37.2 Å². The van der Waals surface area contributed by atoms with Gasteiger partial charge in [-0.3, -0.25) is 4.79 Å². The van der Waals surface area contributed by atoms with E-state index in [0.717, 1.165) is 37.2 Å². The second-order valence-electron chi connectivity index (χ2n) is 8.09. The molecule has 4 rings (SSSR count). The van der Waals surface area contributed by atoms with Crippen molar-refractivity contribution in [3.05, 3.63) is 48.0 Å². The van der Waals surface area contributed by atoms with Gasteiger partial charge in [0.1, 0.15) is 0 Å². The molecule has 1 unspecified atom stereocenters. The zero-order chi connectivity index (χ0) is 20.2. The number of hydrogen-bond acceptors (Lipinski definition) is 4. The van der Waals surface area contributed by atoms with Crippen molar-refractivity contribution >= 4 is 29.0 Å². The predicted molar refractivity (Wildman–Crippen MR) is 122 cm³/mol. The third-order valence-corrected chi connectivity index (χ3v) is 6.93. The average molecular weight is 410 g/mol. The van der Waals surface area contributed by atoms with E-state index in [1.54, 1.807) is 11.8 Å². The van der Waals surface area contributed by atoms with Crippen LogP contribution in [-0.2, 0) is 0 Å². The minimum atomic E-state index is 0.0252. The van der Waals surface area contributed by atoms with Crippen LogP contribution in [0, 0.1) is 0 Å². The largest absolute Gasteiger partial charge is 0.352 e. The molecule has 154 valence electrons. The summed E-state index contributed by atoms with van der Waals surface area (Å²) in [4.78, 5) is 20.2. The number of fused-ring (bicyclic) bond motifs is 2. The highest BCUT2D eigenvalue weighted by Gasteiger charge is 2.29. The first kappa shape index (κ1) is 20.3. The van der Waals surface area contributed by atoms with Gasteiger partial charge < -0.3 is 15.1 Å². The lowest BCUT2D eigenvalue weighted by Gasteiger charge is -2.39. The number of amides is 1. The number of likely N-dealkylation sites (tertiary alicyclic amines) is 1. The topological polar surface area (TPSA) is 35.6 Å². The first-order chi connectivity index (χ1) is 14.2. The zero-order valence-electron chi connectivity index (χ0n) is 17.5. The van der Waals surface area contributed by atoms with E-state index < -0.39 is 0 Å². The first-order valence-corrected chi connectivity index (χ1v) is 11.7. The van der Waals surface area contributed by atoms with Crippen LogP contribution in [0.1, 0.15) is 49.9 Å². The second kappa shape index (κ2) is 9.23. The molecule has 4 nitrogen and oxygen atoms in total. The Morgan fingerprint density at radius 3 is 2.66 bits per heavy atom. The highest BCUT2D eigenvalue weighted by Crippen LogP contribution is 2.49. The number of unbranched alkanes of at least 4 members (excludes halogenated alkanes) is 1. The molecule has 1 fully saturated rings. The lowest BCUT2D eigenvalue weighted by Crippen LogP contribution is -2.40. The lowest BCUT2D eigenvalue weighted by molar-refractivity contribution is 0.0953. The molecule has 2 aliphatic rings. The zero-order valence-corrected chi connectivity index (χ0v) is 18.3. The number of nitrogens with one attached hydrogen (secondary N) is 1. The van der Waals surface area contributed by atoms with E-state index in [-0.39, 0.29) is 5.91 Å². The minimum absolute atomic E-state index is 0.0252. The number of rotatable bonds is 7. The minimum Gasteiger partial charge on any atom is -0.352 e. The van der Waals surface area contributed by atoms with Gasteiger partial charge in [-0.05, 0) is 69.6 Å². The van der Waals surface area contributed by atoms with Crippen LogP contribution in [0.15, 0.2) is 52.3 Å². The Hall–Kier alpha value is -1.98. The lowest BCUT2D eigenvalue weighted by atomic mass is 10.1. The van der Waals surface area contributed by atoms with E-state index in [2.05, 4.69) is 65.4 Å². The van der Waals surface area contributed by atoms with E-state index >= 15 is 0 Å². The Balaban J connectivity index is 1.64. The van der Waals surface area contributed by atoms with Gasteiger partial charge in [0.15, 0.2) is 0 Å². The van der Waals surface area contributed by atoms with Gasteiger partial charge in [0.05, 0.1) is 11.4 Å². The molecule has 1 atom stereocenters. The normalized spacial score (nSPS) is 17.0. The molecule has 1 saturated heterocycles. The second-order valence-corrected chi connectivity index (χ2v) is 9.17. The maximum absolute atomic E-state index is 12.7. The van der Waals surface area contributed by atoms with Crippen molar-refractivity contribution in [3.63, 3.8) is 0 Å². The molecular formula is C24H31N3OS. The van der Waals surface area contributed by atoms with Crippen molar-refractivity contribution < 1.29 is 4.79 Å². The molecule has 1 N–H and O–H groups in total. The Labute approximate surface area is 178 Å². The Morgan fingerprint density at radius 1 is 1.10 bits per heavy atom. The van der Waals surface area contributed by atoms with Gasteiger partial charge in [0, 0.05) is 34.5 Å². The monoisotopic (exact) mass is 409 g/mol. The molecule has 1 amide bonds. The Morgan fingerprint density at radius 2 is 1.86 bits per heavy atom. The number of carbonyl (C=O) groups is 1. The van der Waals surface area contributed by atoms with Crippen LogP contribution in [0.4, 0.5) is 11.4 Å². The molecule has 2 aromatic rings. The maximum Gasteiger partial charge on any atom is 0.251 e. The fraction of sp³-hybridized carbons (Fsp3) is 0.458. The van der Waals surface area contributed by atoms with Gasteiger partial charge in [0.25, 0.3) is 5.91 Å². The third kappa shape index (κ3) is 4.46. The van der Waals surface area contributed by atoms with Crippen molar-refractivity contribution in [1.29, 1.82) is 0 Å². The number of carbonyl (C=O) groups excluding carboxylic acids is 1. The van der Waals surface area contributed by atoms with E-state index in [0.29, 0.717) is 6.04 Å². The number of anilines is 2. The molecule has 0 aliphatic carbocycles. The molecule has 2 aromatic carbocycles. The summed E-state index contributed by atoms with van der Waals surface area (Å²) in [6.45, 7) is 8.62. The molecule has 29 heavy (non-hydrogen) atoms. The molecular weight excluding hydrogens is 378 g/mol. The van der Waals surface area contributed by atoms with Crippen molar-refractivity contribution in [2.75, 3.05) is 31.1 Å². The Bertz CT molecular complexity index is 863. The molecule has 0 radical (unpaired) electrons. The number of hydrogen-bond donors (Lipinski definition) is 1. The van der Waals surface area contributed by atoms with Crippen LogP contribution < -0.4 is 10.2 Å². The third-order valence-electron chi connectivity index (χ3n) is 5.80. The summed E-state index contributed by atoms with van der Waals surface area (Å²) in [5, 5.41) is 3.06. The molecule has 2 heterocycles. The highest BCUT2D eigenvalue weighted by molar-refractivity contribution is 7.99. The summed E-state index contributed by atoms with van der Waals surface area (Å²) >= 11 is 1.80. The SMILES string of the molecule is CCCCNC(=O)c1ccc2c(c1)N(C(C)CN1CCCC1)c1ccccc1S2. The molecule has 0 spiro atoms. The number of para-hydroxylation sites is 1. The summed E-state index contributed by atoms with van der Waals surface area (Å²) < 4.78 is 0. The van der Waals surface area contributed by atoms with Crippen LogP contribution >= 0.6 is 11.8 Å². The summed E-state index contributed by atoms with van der Waals surface area (Å²) in [6, 6.07) is 15.1. The highest BCUT2D eigenvalue weighted by atomic mass is 32.2. The van der Waals surface area contributed by atoms with Crippen LogP contribution in [0.25, 0.3) is 0 Å². The Kier molecular flexibility index (Phi) is 6.46. The number of benzene rings is 2. The van der Waals surface area contributed by atoms with Crippen LogP contribution in [-0.4, -0.2) is 43.0 Å². The van der Waals surface area contributed by atoms with E-state index in [4.69, 9.17) is 0 Å². The van der Waals surface area contributed by atoms with Gasteiger partial charge in [-0.2, -0.15) is 0 Å². The van der Waals surface area contributed by atoms with E-state index in [9.17, 15) is 4.79 Å². The molecule has 0 aromatic heterocycles. The van der Waals surface area contributed by atoms with Crippen LogP contribution in [0.5, 0.6) is 0 Å². The van der Waals surface area contributed by atoms with Crippen LogP contribution in [0.3, 0.4) is 0 Å². The molecule has 0 saturated carbocycles. The van der Waals surface area contributed by atoms with Gasteiger partial charge in [-0.25, -0.2) is 0 Å². The van der Waals surface area contributed by atoms with Crippen molar-refractivity contribution in [1.82, 2.24) is 10.2 Å². The number of nitrogens with zero attached hydrogens (tertiary/aromatic N) is 2. The van der Waals surface area contributed by atoms with Crippen molar-refractivity contribution in [3.8, 4) is 0 Å². The van der Waals surface area contributed by atoms with Crippen LogP contribution in [0.2, 0.25) is 0 Å². The molecule has 5 heteroatoms. The summed E-state index contributed by atoms with van der Waals surface area (Å²) in [7, 11) is 0. The maximum atomic E-state index is 12.7. The molecule has 2 aliphatic heterocycles. The van der Waals surface area contributed by atoms with Crippen molar-refractivity contribution in [2.24, 2.45) is 0 Å². The van der Waals surface area contributed by atoms with Gasteiger partial charge in [-0.15, -0.1) is 0 Å². The fourth-order valence-electron chi connectivity index (χ4n) is 4.30. The van der Waals surface area contributed by atoms with Gasteiger partial charge in [0.2, 0.25) is 0 Å². The van der Waals surface area contributed by atoms with Crippen molar-refractivity contribution in [2.45, 2.75) is 55.4 Å². The fourth-order valence-corrected chi connectivity index (χ4v) is 5.35. The van der Waals surface area contributed by atoms with E-state index in [1.807, 2.05) is 6.07 Å². The summed E-state index contributed by atoms with van der Waals surface area (Å²) in [6.07, 6.45) is 4.70. The first-order valence-electron chi connectivity index (χ1n) is 10.9. The standard InChI is InChI=1S/C24H31N3OS/c1-3-4-13-25-24(28)19-11-12-23-21(16-19)27(18(2)17-26-14-7-8-15-26)20-9-5-6-10-22(20)29-23/h5-6,9-12,16,18H,3-4,7-8,13-15,17H2,1-2H3,(H,25,28). The summed E-state index contributed by atoms with van der Waals surface area (Å²) in [5.41, 5.74) is 3.15. The van der Waals surface area contributed by atoms with E-state index in [1.165, 1.54) is 41.4 Å².